The van der Waals surface area contributed by atoms with E-state index < -0.39 is 9.84 Å². The lowest BCUT2D eigenvalue weighted by atomic mass is 9.96. The van der Waals surface area contributed by atoms with Crippen molar-refractivity contribution in [1.82, 2.24) is 10.2 Å². The summed E-state index contributed by atoms with van der Waals surface area (Å²) in [5.41, 5.74) is 0.822. The fourth-order valence-corrected chi connectivity index (χ4v) is 4.17. The summed E-state index contributed by atoms with van der Waals surface area (Å²) in [5, 5.41) is 2.90. The van der Waals surface area contributed by atoms with Crippen molar-refractivity contribution >= 4 is 21.7 Å². The maximum atomic E-state index is 12.6. The molecule has 166 valence electrons. The highest BCUT2D eigenvalue weighted by atomic mass is 32.2. The number of hydrogen-bond acceptors (Lipinski definition) is 5. The molecule has 0 radical (unpaired) electrons. The van der Waals surface area contributed by atoms with Gasteiger partial charge in [0.2, 0.25) is 11.8 Å². The summed E-state index contributed by atoms with van der Waals surface area (Å²) >= 11 is 0. The van der Waals surface area contributed by atoms with Gasteiger partial charge in [0.05, 0.1) is 23.8 Å². The van der Waals surface area contributed by atoms with Crippen molar-refractivity contribution < 1.29 is 22.7 Å². The van der Waals surface area contributed by atoms with Crippen molar-refractivity contribution in [3.63, 3.8) is 0 Å². The normalized spacial score (nSPS) is 16.5. The van der Waals surface area contributed by atoms with E-state index in [1.54, 1.807) is 17.0 Å². The number of benzene rings is 2. The van der Waals surface area contributed by atoms with E-state index >= 15 is 0 Å². The van der Waals surface area contributed by atoms with E-state index in [4.69, 9.17) is 4.74 Å². The molecule has 1 aliphatic heterocycles. The second kappa shape index (κ2) is 10.4. The third kappa shape index (κ3) is 6.82. The molecule has 1 saturated heterocycles. The SMILES string of the molecule is CS(=O)(=O)c1ccc(CNC(=O)C2CCCN(C(=O)CCOc3ccccc3)C2)cc1. The number of ether oxygens (including phenoxy) is 1. The van der Waals surface area contributed by atoms with Crippen LogP contribution in [0, 0.1) is 5.92 Å². The number of amides is 2. The summed E-state index contributed by atoms with van der Waals surface area (Å²) in [7, 11) is -3.24. The summed E-state index contributed by atoms with van der Waals surface area (Å²) in [6.45, 7) is 1.68. The molecular formula is C23H28N2O5S. The minimum atomic E-state index is -3.24. The first-order chi connectivity index (χ1) is 14.8. The summed E-state index contributed by atoms with van der Waals surface area (Å²) in [6.07, 6.45) is 2.96. The third-order valence-electron chi connectivity index (χ3n) is 5.29. The Hall–Kier alpha value is -2.87. The zero-order valence-electron chi connectivity index (χ0n) is 17.6. The van der Waals surface area contributed by atoms with Crippen molar-refractivity contribution in [2.75, 3.05) is 26.0 Å². The topological polar surface area (TPSA) is 92.8 Å². The van der Waals surface area contributed by atoms with Crippen LogP contribution in [0.3, 0.4) is 0 Å². The van der Waals surface area contributed by atoms with Gasteiger partial charge in [-0.3, -0.25) is 9.59 Å². The van der Waals surface area contributed by atoms with Gasteiger partial charge in [0.1, 0.15) is 5.75 Å². The van der Waals surface area contributed by atoms with Crippen LogP contribution in [0.25, 0.3) is 0 Å². The van der Waals surface area contributed by atoms with Crippen molar-refractivity contribution in [2.24, 2.45) is 5.92 Å². The van der Waals surface area contributed by atoms with Crippen LogP contribution >= 0.6 is 0 Å². The van der Waals surface area contributed by atoms with Gasteiger partial charge >= 0.3 is 0 Å². The van der Waals surface area contributed by atoms with Crippen LogP contribution in [0.15, 0.2) is 59.5 Å². The number of rotatable bonds is 8. The van der Waals surface area contributed by atoms with Crippen LogP contribution in [-0.4, -0.2) is 51.1 Å². The van der Waals surface area contributed by atoms with Crippen LogP contribution in [0.5, 0.6) is 5.75 Å². The third-order valence-corrected chi connectivity index (χ3v) is 6.42. The average molecular weight is 445 g/mol. The van der Waals surface area contributed by atoms with Gasteiger partial charge in [0.25, 0.3) is 0 Å². The Labute approximate surface area is 183 Å². The Morgan fingerprint density at radius 2 is 1.81 bits per heavy atom. The van der Waals surface area contributed by atoms with E-state index in [1.807, 2.05) is 30.3 Å². The molecule has 1 unspecified atom stereocenters. The highest BCUT2D eigenvalue weighted by Crippen LogP contribution is 2.18. The molecule has 2 amide bonds. The Morgan fingerprint density at radius 1 is 1.10 bits per heavy atom. The first-order valence-electron chi connectivity index (χ1n) is 10.4. The molecule has 0 aliphatic carbocycles. The molecule has 1 fully saturated rings. The van der Waals surface area contributed by atoms with Crippen LogP contribution in [0.2, 0.25) is 0 Å². The maximum absolute atomic E-state index is 12.6. The van der Waals surface area contributed by atoms with Crippen molar-refractivity contribution in [2.45, 2.75) is 30.7 Å². The predicted octanol–water partition coefficient (Wildman–Crippen LogP) is 2.41. The molecule has 8 heteroatoms. The molecule has 1 aliphatic rings. The molecule has 1 N–H and O–H groups in total. The van der Waals surface area contributed by atoms with Gasteiger partial charge in [-0.15, -0.1) is 0 Å². The van der Waals surface area contributed by atoms with E-state index in [0.29, 0.717) is 26.2 Å². The van der Waals surface area contributed by atoms with Crippen LogP contribution in [-0.2, 0) is 26.0 Å². The van der Waals surface area contributed by atoms with E-state index in [9.17, 15) is 18.0 Å². The van der Waals surface area contributed by atoms with Gasteiger partial charge in [-0.2, -0.15) is 0 Å². The lowest BCUT2D eigenvalue weighted by molar-refractivity contribution is -0.136. The highest BCUT2D eigenvalue weighted by Gasteiger charge is 2.28. The average Bonchev–Trinajstić information content (AvgIpc) is 2.78. The summed E-state index contributed by atoms with van der Waals surface area (Å²) in [4.78, 5) is 27.1. The number of carbonyl (C=O) groups excluding carboxylic acids is 2. The number of piperidine rings is 1. The zero-order chi connectivity index (χ0) is 22.3. The van der Waals surface area contributed by atoms with Crippen molar-refractivity contribution in [3.05, 3.63) is 60.2 Å². The molecule has 2 aromatic carbocycles. The number of para-hydroxylation sites is 1. The van der Waals surface area contributed by atoms with Crippen LogP contribution in [0.4, 0.5) is 0 Å². The Balaban J connectivity index is 1.44. The number of hydrogen-bond donors (Lipinski definition) is 1. The molecule has 0 bridgehead atoms. The predicted molar refractivity (Wildman–Crippen MR) is 117 cm³/mol. The molecule has 2 aromatic rings. The zero-order valence-corrected chi connectivity index (χ0v) is 18.4. The Morgan fingerprint density at radius 3 is 2.48 bits per heavy atom. The molecule has 31 heavy (non-hydrogen) atoms. The first-order valence-corrected chi connectivity index (χ1v) is 12.2. The van der Waals surface area contributed by atoms with Gasteiger partial charge in [-0.25, -0.2) is 8.42 Å². The molecule has 7 nitrogen and oxygen atoms in total. The minimum absolute atomic E-state index is 0.00945. The number of nitrogens with zero attached hydrogens (tertiary/aromatic N) is 1. The van der Waals surface area contributed by atoms with Crippen LogP contribution in [0.1, 0.15) is 24.8 Å². The first kappa shape index (κ1) is 22.8. The summed E-state index contributed by atoms with van der Waals surface area (Å²) < 4.78 is 28.7. The second-order valence-electron chi connectivity index (χ2n) is 7.72. The van der Waals surface area contributed by atoms with Gasteiger partial charge in [0.15, 0.2) is 9.84 Å². The molecule has 1 heterocycles. The quantitative estimate of drug-likeness (QED) is 0.675. The molecule has 0 saturated carbocycles. The van der Waals surface area contributed by atoms with E-state index in [1.165, 1.54) is 12.1 Å². The summed E-state index contributed by atoms with van der Waals surface area (Å²) in [5.74, 6) is 0.383. The largest absolute Gasteiger partial charge is 0.493 e. The second-order valence-corrected chi connectivity index (χ2v) is 9.74. The fourth-order valence-electron chi connectivity index (χ4n) is 3.54. The maximum Gasteiger partial charge on any atom is 0.226 e. The van der Waals surface area contributed by atoms with Crippen LogP contribution < -0.4 is 10.1 Å². The van der Waals surface area contributed by atoms with Crippen molar-refractivity contribution in [1.29, 1.82) is 0 Å². The van der Waals surface area contributed by atoms with Gasteiger partial charge in [0, 0.05) is 25.9 Å². The standard InChI is InChI=1S/C23H28N2O5S/c1-31(28,29)21-11-9-18(10-12-21)16-24-23(27)19-6-5-14-25(17-19)22(26)13-15-30-20-7-3-2-4-8-20/h2-4,7-12,19H,5-6,13-17H2,1H3,(H,24,27). The minimum Gasteiger partial charge on any atom is -0.493 e. The molecular weight excluding hydrogens is 416 g/mol. The highest BCUT2D eigenvalue weighted by molar-refractivity contribution is 7.90. The number of carbonyl (C=O) groups is 2. The Bertz CT molecular complexity index is 990. The van der Waals surface area contributed by atoms with Crippen molar-refractivity contribution in [3.8, 4) is 5.75 Å². The van der Waals surface area contributed by atoms with Gasteiger partial charge in [-0.1, -0.05) is 30.3 Å². The van der Waals surface area contributed by atoms with Gasteiger partial charge < -0.3 is 15.0 Å². The number of likely N-dealkylation sites (tertiary alicyclic amines) is 1. The van der Waals surface area contributed by atoms with E-state index in [0.717, 1.165) is 30.4 Å². The Kier molecular flexibility index (Phi) is 7.68. The molecule has 1 atom stereocenters. The van der Waals surface area contributed by atoms with E-state index in [-0.39, 0.29) is 29.0 Å². The van der Waals surface area contributed by atoms with E-state index in [2.05, 4.69) is 5.32 Å². The number of sulfone groups is 1. The molecule has 0 aromatic heterocycles. The lowest BCUT2D eigenvalue weighted by Crippen LogP contribution is -2.45. The fraction of sp³-hybridized carbons (Fsp3) is 0.391. The van der Waals surface area contributed by atoms with Gasteiger partial charge in [-0.05, 0) is 42.7 Å². The lowest BCUT2D eigenvalue weighted by Gasteiger charge is -2.32. The summed E-state index contributed by atoms with van der Waals surface area (Å²) in [6, 6.07) is 15.8. The monoisotopic (exact) mass is 444 g/mol. The smallest absolute Gasteiger partial charge is 0.226 e. The molecule has 3 rings (SSSR count). The molecule has 0 spiro atoms. The number of nitrogens with one attached hydrogen (secondary N) is 1.